The zero-order valence-corrected chi connectivity index (χ0v) is 10.1. The predicted octanol–water partition coefficient (Wildman–Crippen LogP) is 1.63. The monoisotopic (exact) mass is 233 g/mol. The number of piperidine rings is 1. The van der Waals surface area contributed by atoms with E-state index in [1.54, 1.807) is 0 Å². The van der Waals surface area contributed by atoms with E-state index in [9.17, 15) is 4.79 Å². The summed E-state index contributed by atoms with van der Waals surface area (Å²) >= 11 is 0. The molecule has 1 saturated carbocycles. The van der Waals surface area contributed by atoms with Gasteiger partial charge in [0.25, 0.3) is 0 Å². The van der Waals surface area contributed by atoms with Crippen molar-refractivity contribution < 1.29 is 4.79 Å². The fraction of sp³-hybridized carbons (Fsp3) is 0.692. The molecule has 0 amide bonds. The van der Waals surface area contributed by atoms with Crippen molar-refractivity contribution in [1.82, 2.24) is 14.5 Å². The number of aldehydes is 1. The molecule has 92 valence electrons. The van der Waals surface area contributed by atoms with Crippen LogP contribution in [0.25, 0.3) is 0 Å². The molecular weight excluding hydrogens is 214 g/mol. The number of aromatic nitrogens is 2. The lowest BCUT2D eigenvalue weighted by Crippen LogP contribution is -2.34. The molecule has 0 radical (unpaired) electrons. The number of rotatable bonds is 4. The largest absolute Gasteiger partial charge is 0.330 e. The lowest BCUT2D eigenvalue weighted by Gasteiger charge is -2.29. The minimum absolute atomic E-state index is 0.291. The van der Waals surface area contributed by atoms with Gasteiger partial charge >= 0.3 is 0 Å². The Labute approximate surface area is 102 Å². The Balaban J connectivity index is 1.59. The van der Waals surface area contributed by atoms with Gasteiger partial charge in [-0.15, -0.1) is 0 Å². The molecule has 2 fully saturated rings. The summed E-state index contributed by atoms with van der Waals surface area (Å²) in [5.41, 5.74) is 1.33. The molecule has 0 atom stereocenters. The minimum Gasteiger partial charge on any atom is -0.330 e. The average Bonchev–Trinajstić information content (AvgIpc) is 3.11. The third-order valence-corrected chi connectivity index (χ3v) is 3.90. The number of carbonyl (C=O) groups is 1. The van der Waals surface area contributed by atoms with E-state index in [4.69, 9.17) is 0 Å². The Kier molecular flexibility index (Phi) is 2.97. The van der Waals surface area contributed by atoms with Crippen molar-refractivity contribution >= 4 is 6.29 Å². The molecule has 4 nitrogen and oxygen atoms in total. The van der Waals surface area contributed by atoms with E-state index in [1.165, 1.54) is 18.5 Å². The summed E-state index contributed by atoms with van der Waals surface area (Å²) in [6, 6.07) is 0.708. The maximum absolute atomic E-state index is 10.7. The summed E-state index contributed by atoms with van der Waals surface area (Å²) in [4.78, 5) is 17.4. The highest BCUT2D eigenvalue weighted by Crippen LogP contribution is 2.35. The van der Waals surface area contributed by atoms with Crippen LogP contribution in [0.1, 0.15) is 37.4 Å². The summed E-state index contributed by atoms with van der Waals surface area (Å²) in [6.07, 6.45) is 9.70. The van der Waals surface area contributed by atoms with Crippen molar-refractivity contribution in [2.24, 2.45) is 5.92 Å². The molecule has 2 heterocycles. The lowest BCUT2D eigenvalue weighted by atomic mass is 9.98. The van der Waals surface area contributed by atoms with Gasteiger partial charge in [-0.25, -0.2) is 4.98 Å². The van der Waals surface area contributed by atoms with Crippen LogP contribution in [0.2, 0.25) is 0 Å². The number of hydrogen-bond acceptors (Lipinski definition) is 3. The van der Waals surface area contributed by atoms with Gasteiger partial charge in [-0.2, -0.15) is 0 Å². The maximum Gasteiger partial charge on any atom is 0.123 e. The van der Waals surface area contributed by atoms with Gasteiger partial charge in [0.1, 0.15) is 6.29 Å². The first kappa shape index (κ1) is 11.0. The molecule has 1 aliphatic carbocycles. The second-order valence-electron chi connectivity index (χ2n) is 5.27. The molecule has 3 rings (SSSR count). The second-order valence-corrected chi connectivity index (χ2v) is 5.27. The van der Waals surface area contributed by atoms with Crippen LogP contribution in [0, 0.1) is 5.92 Å². The first-order valence-corrected chi connectivity index (χ1v) is 6.55. The highest BCUT2D eigenvalue weighted by Gasteiger charge is 2.26. The minimum atomic E-state index is 0.291. The van der Waals surface area contributed by atoms with Crippen LogP contribution in [0.3, 0.4) is 0 Å². The van der Waals surface area contributed by atoms with E-state index in [0.29, 0.717) is 12.0 Å². The fourth-order valence-corrected chi connectivity index (χ4v) is 2.61. The van der Waals surface area contributed by atoms with E-state index in [2.05, 4.69) is 14.5 Å². The van der Waals surface area contributed by atoms with E-state index in [0.717, 1.165) is 38.8 Å². The predicted molar refractivity (Wildman–Crippen MR) is 64.6 cm³/mol. The van der Waals surface area contributed by atoms with Gasteiger partial charge in [0.15, 0.2) is 0 Å². The summed E-state index contributed by atoms with van der Waals surface area (Å²) in [5.74, 6) is 0.291. The zero-order valence-electron chi connectivity index (χ0n) is 10.1. The summed E-state index contributed by atoms with van der Waals surface area (Å²) < 4.78 is 2.33. The molecule has 1 aliphatic heterocycles. The average molecular weight is 233 g/mol. The fourth-order valence-electron chi connectivity index (χ4n) is 2.61. The normalized spacial score (nSPS) is 22.8. The Hall–Kier alpha value is -1.16. The van der Waals surface area contributed by atoms with Gasteiger partial charge in [0, 0.05) is 24.7 Å². The SMILES string of the molecule is O=CC1CCN(Cc2cncn2C2CC2)CC1. The van der Waals surface area contributed by atoms with Crippen molar-refractivity contribution in [2.45, 2.75) is 38.3 Å². The number of imidazole rings is 1. The number of nitrogens with zero attached hydrogens (tertiary/aromatic N) is 3. The smallest absolute Gasteiger partial charge is 0.123 e. The molecule has 0 spiro atoms. The van der Waals surface area contributed by atoms with Gasteiger partial charge in [-0.1, -0.05) is 0 Å². The third kappa shape index (κ3) is 2.41. The van der Waals surface area contributed by atoms with Gasteiger partial charge in [0.05, 0.1) is 12.0 Å². The summed E-state index contributed by atoms with van der Waals surface area (Å²) in [6.45, 7) is 3.07. The van der Waals surface area contributed by atoms with Crippen LogP contribution >= 0.6 is 0 Å². The van der Waals surface area contributed by atoms with E-state index in [1.807, 2.05) is 12.5 Å². The third-order valence-electron chi connectivity index (χ3n) is 3.90. The van der Waals surface area contributed by atoms with E-state index < -0.39 is 0 Å². The molecule has 0 aromatic carbocycles. The molecule has 1 saturated heterocycles. The van der Waals surface area contributed by atoms with Crippen molar-refractivity contribution in [3.8, 4) is 0 Å². The summed E-state index contributed by atoms with van der Waals surface area (Å²) in [5, 5.41) is 0. The van der Waals surface area contributed by atoms with Gasteiger partial charge < -0.3 is 9.36 Å². The van der Waals surface area contributed by atoms with Crippen molar-refractivity contribution in [3.05, 3.63) is 18.2 Å². The first-order valence-electron chi connectivity index (χ1n) is 6.55. The van der Waals surface area contributed by atoms with E-state index >= 15 is 0 Å². The van der Waals surface area contributed by atoms with Crippen LogP contribution in [0.4, 0.5) is 0 Å². The Morgan fingerprint density at radius 1 is 1.29 bits per heavy atom. The highest BCUT2D eigenvalue weighted by molar-refractivity contribution is 5.53. The van der Waals surface area contributed by atoms with Crippen molar-refractivity contribution in [1.29, 1.82) is 0 Å². The van der Waals surface area contributed by atoms with Crippen LogP contribution in [0.15, 0.2) is 12.5 Å². The second kappa shape index (κ2) is 4.61. The Bertz CT molecular complexity index is 389. The van der Waals surface area contributed by atoms with Crippen molar-refractivity contribution in [3.63, 3.8) is 0 Å². The summed E-state index contributed by atoms with van der Waals surface area (Å²) in [7, 11) is 0. The molecule has 0 unspecified atom stereocenters. The molecule has 0 N–H and O–H groups in total. The molecule has 2 aliphatic rings. The molecular formula is C13H19N3O. The Morgan fingerprint density at radius 2 is 2.06 bits per heavy atom. The van der Waals surface area contributed by atoms with Crippen LogP contribution in [-0.2, 0) is 11.3 Å². The first-order chi connectivity index (χ1) is 8.36. The molecule has 0 bridgehead atoms. The number of hydrogen-bond donors (Lipinski definition) is 0. The Morgan fingerprint density at radius 3 is 2.71 bits per heavy atom. The zero-order chi connectivity index (χ0) is 11.7. The van der Waals surface area contributed by atoms with Crippen LogP contribution < -0.4 is 0 Å². The van der Waals surface area contributed by atoms with Crippen LogP contribution in [-0.4, -0.2) is 33.8 Å². The highest BCUT2D eigenvalue weighted by atomic mass is 16.1. The maximum atomic E-state index is 10.7. The molecule has 4 heteroatoms. The van der Waals surface area contributed by atoms with Crippen LogP contribution in [0.5, 0.6) is 0 Å². The standard InChI is InChI=1S/C13H19N3O/c17-9-11-3-5-15(6-4-11)8-13-7-14-10-16(13)12-1-2-12/h7,9-12H,1-6,8H2. The molecule has 17 heavy (non-hydrogen) atoms. The van der Waals surface area contributed by atoms with Gasteiger partial charge in [-0.05, 0) is 38.8 Å². The van der Waals surface area contributed by atoms with Crippen molar-refractivity contribution in [2.75, 3.05) is 13.1 Å². The van der Waals surface area contributed by atoms with Gasteiger partial charge in [0.2, 0.25) is 0 Å². The lowest BCUT2D eigenvalue weighted by molar-refractivity contribution is -0.112. The topological polar surface area (TPSA) is 38.1 Å². The number of likely N-dealkylation sites (tertiary alicyclic amines) is 1. The molecule has 1 aromatic rings. The quantitative estimate of drug-likeness (QED) is 0.742. The van der Waals surface area contributed by atoms with Gasteiger partial charge in [-0.3, -0.25) is 4.90 Å². The number of carbonyl (C=O) groups excluding carboxylic acids is 1. The van der Waals surface area contributed by atoms with E-state index in [-0.39, 0.29) is 0 Å². The molecule has 1 aromatic heterocycles.